The number of phenols is 1. The number of thioether (sulfide) groups is 1. The Labute approximate surface area is 180 Å². The summed E-state index contributed by atoms with van der Waals surface area (Å²) in [6.45, 7) is 3.55. The zero-order valence-electron chi connectivity index (χ0n) is 15.9. The summed E-state index contributed by atoms with van der Waals surface area (Å²) in [4.78, 5) is 28.1. The number of nitrogens with zero attached hydrogens (tertiary/aromatic N) is 1. The lowest BCUT2D eigenvalue weighted by Gasteiger charge is -2.08. The third kappa shape index (κ3) is 4.79. The van der Waals surface area contributed by atoms with E-state index < -0.39 is 5.97 Å². The van der Waals surface area contributed by atoms with Crippen molar-refractivity contribution in [3.63, 3.8) is 0 Å². The summed E-state index contributed by atoms with van der Waals surface area (Å²) in [5.74, 6) is -0.375. The maximum atomic E-state index is 13.0. The second-order valence-corrected chi connectivity index (χ2v) is 7.78. The Morgan fingerprint density at radius 2 is 1.93 bits per heavy atom. The van der Waals surface area contributed by atoms with E-state index in [9.17, 15) is 14.7 Å². The fourth-order valence-electron chi connectivity index (χ4n) is 2.63. The van der Waals surface area contributed by atoms with Crippen molar-refractivity contribution in [2.24, 2.45) is 4.99 Å². The number of carbonyl (C=O) groups is 2. The van der Waals surface area contributed by atoms with Crippen molar-refractivity contribution in [2.75, 3.05) is 6.26 Å². The van der Waals surface area contributed by atoms with Crippen LogP contribution in [0, 0.1) is 0 Å². The van der Waals surface area contributed by atoms with Gasteiger partial charge in [-0.15, -0.1) is 23.1 Å². The summed E-state index contributed by atoms with van der Waals surface area (Å²) in [6, 6.07) is 11.6. The van der Waals surface area contributed by atoms with Crippen LogP contribution in [0.5, 0.6) is 17.2 Å². The third-order valence-corrected chi connectivity index (χ3v) is 5.76. The summed E-state index contributed by atoms with van der Waals surface area (Å²) in [5, 5.41) is 19.5. The van der Waals surface area contributed by atoms with Crippen molar-refractivity contribution in [1.29, 1.82) is 0 Å². The van der Waals surface area contributed by atoms with Crippen molar-refractivity contribution in [2.45, 2.75) is 0 Å². The van der Waals surface area contributed by atoms with Gasteiger partial charge in [0.1, 0.15) is 21.4 Å². The van der Waals surface area contributed by atoms with Crippen molar-refractivity contribution in [3.8, 4) is 17.2 Å². The Kier molecular flexibility index (Phi) is 6.71. The predicted octanol–water partition coefficient (Wildman–Crippen LogP) is 5.58. The van der Waals surface area contributed by atoms with Gasteiger partial charge in [0.15, 0.2) is 5.75 Å². The molecular weight excluding hydrogens is 422 g/mol. The smallest absolute Gasteiger partial charge is 0.328 e. The molecule has 1 heterocycles. The molecule has 1 aromatic heterocycles. The SMILES string of the molecule is C=C/N=C(\SC)C(=O)c1sc2cc(O)ccc2c1Oc1ccc(/C=C/C(=O)O)cc1. The maximum Gasteiger partial charge on any atom is 0.328 e. The predicted molar refractivity (Wildman–Crippen MR) is 122 cm³/mol. The highest BCUT2D eigenvalue weighted by Gasteiger charge is 2.24. The summed E-state index contributed by atoms with van der Waals surface area (Å²) in [5.41, 5.74) is 0.698. The summed E-state index contributed by atoms with van der Waals surface area (Å²) < 4.78 is 6.76. The van der Waals surface area contributed by atoms with Crippen molar-refractivity contribution in [3.05, 3.63) is 71.8 Å². The van der Waals surface area contributed by atoms with Gasteiger partial charge in [-0.25, -0.2) is 9.79 Å². The molecule has 0 spiro atoms. The Hall–Kier alpha value is -3.36. The molecule has 0 saturated carbocycles. The topological polar surface area (TPSA) is 96.2 Å². The molecule has 0 aliphatic rings. The Morgan fingerprint density at radius 1 is 1.20 bits per heavy atom. The van der Waals surface area contributed by atoms with Crippen molar-refractivity contribution < 1.29 is 24.5 Å². The standard InChI is InChI=1S/C22H17NO5S2/c1-3-23-22(29-2)19(27)21-20(16-10-7-14(24)12-17(16)30-21)28-15-8-4-13(5-9-15)6-11-18(25)26/h3-12,24H,1H2,2H3,(H,25,26)/b11-6+,23-22-. The van der Waals surface area contributed by atoms with Gasteiger partial charge in [-0.05, 0) is 48.2 Å². The summed E-state index contributed by atoms with van der Waals surface area (Å²) >= 11 is 2.42. The van der Waals surface area contributed by atoms with Gasteiger partial charge in [0.2, 0.25) is 5.78 Å². The largest absolute Gasteiger partial charge is 0.508 e. The molecule has 0 amide bonds. The van der Waals surface area contributed by atoms with Gasteiger partial charge in [-0.1, -0.05) is 18.7 Å². The number of aliphatic carboxylic acids is 1. The van der Waals surface area contributed by atoms with Crippen LogP contribution in [0.25, 0.3) is 16.2 Å². The number of benzene rings is 2. The van der Waals surface area contributed by atoms with Crippen molar-refractivity contribution >= 4 is 56.1 Å². The molecule has 0 bridgehead atoms. The molecule has 0 saturated heterocycles. The van der Waals surface area contributed by atoms with Gasteiger partial charge < -0.3 is 14.9 Å². The monoisotopic (exact) mass is 439 g/mol. The van der Waals surface area contributed by atoms with E-state index >= 15 is 0 Å². The second kappa shape index (κ2) is 9.43. The molecule has 2 aromatic carbocycles. The number of ether oxygens (including phenoxy) is 1. The first kappa shape index (κ1) is 21.4. The Bertz CT molecular complexity index is 1180. The number of hydrogen-bond donors (Lipinski definition) is 2. The van der Waals surface area contributed by atoms with E-state index in [4.69, 9.17) is 9.84 Å². The molecule has 0 aliphatic heterocycles. The highest BCUT2D eigenvalue weighted by molar-refractivity contribution is 8.15. The molecule has 0 fully saturated rings. The minimum absolute atomic E-state index is 0.0914. The van der Waals surface area contributed by atoms with E-state index in [1.807, 2.05) is 0 Å². The van der Waals surface area contributed by atoms with E-state index in [1.54, 1.807) is 42.7 Å². The first-order chi connectivity index (χ1) is 14.4. The second-order valence-electron chi connectivity index (χ2n) is 5.93. The van der Waals surface area contributed by atoms with Gasteiger partial charge >= 0.3 is 5.97 Å². The van der Waals surface area contributed by atoms with Crippen LogP contribution in [0.4, 0.5) is 0 Å². The van der Waals surface area contributed by atoms with Crippen LogP contribution in [0.2, 0.25) is 0 Å². The fourth-order valence-corrected chi connectivity index (χ4v) is 4.26. The average molecular weight is 440 g/mol. The summed E-state index contributed by atoms with van der Waals surface area (Å²) in [6.07, 6.45) is 5.59. The van der Waals surface area contributed by atoms with Gasteiger partial charge in [-0.3, -0.25) is 4.79 Å². The highest BCUT2D eigenvalue weighted by Crippen LogP contribution is 2.42. The van der Waals surface area contributed by atoms with Gasteiger partial charge in [0, 0.05) is 22.4 Å². The van der Waals surface area contributed by atoms with Crippen LogP contribution in [0.1, 0.15) is 15.2 Å². The van der Waals surface area contributed by atoms with Gasteiger partial charge in [0.25, 0.3) is 0 Å². The summed E-state index contributed by atoms with van der Waals surface area (Å²) in [7, 11) is 0. The van der Waals surface area contributed by atoms with Crippen LogP contribution in [-0.2, 0) is 4.79 Å². The molecule has 2 N–H and O–H groups in total. The number of carboxylic acids is 1. The minimum atomic E-state index is -1.03. The van der Waals surface area contributed by atoms with Crippen LogP contribution in [-0.4, -0.2) is 33.3 Å². The molecule has 6 nitrogen and oxygen atoms in total. The van der Waals surface area contributed by atoms with Crippen LogP contribution < -0.4 is 4.74 Å². The lowest BCUT2D eigenvalue weighted by molar-refractivity contribution is -0.131. The molecule has 3 rings (SSSR count). The van der Waals surface area contributed by atoms with Crippen LogP contribution in [0.15, 0.2) is 66.3 Å². The molecule has 0 unspecified atom stereocenters. The normalized spacial score (nSPS) is 11.7. The molecule has 0 radical (unpaired) electrons. The molecule has 0 aliphatic carbocycles. The Balaban J connectivity index is 2.03. The zero-order valence-corrected chi connectivity index (χ0v) is 17.5. The van der Waals surface area contributed by atoms with Crippen LogP contribution >= 0.6 is 23.1 Å². The van der Waals surface area contributed by atoms with E-state index in [0.29, 0.717) is 32.0 Å². The molecule has 0 atom stereocenters. The number of fused-ring (bicyclic) bond motifs is 1. The fraction of sp³-hybridized carbons (Fsp3) is 0.0455. The number of aromatic hydroxyl groups is 1. The number of aliphatic imine (C=N–C) groups is 1. The molecule has 3 aromatic rings. The van der Waals surface area contributed by atoms with Gasteiger partial charge in [-0.2, -0.15) is 0 Å². The zero-order chi connectivity index (χ0) is 21.7. The first-order valence-corrected chi connectivity index (χ1v) is 10.7. The average Bonchev–Trinajstić information content (AvgIpc) is 3.08. The highest BCUT2D eigenvalue weighted by atomic mass is 32.2. The van der Waals surface area contributed by atoms with Crippen LogP contribution in [0.3, 0.4) is 0 Å². The number of carboxylic acid groups (broad SMARTS) is 1. The van der Waals surface area contributed by atoms with Crippen molar-refractivity contribution in [1.82, 2.24) is 0 Å². The maximum absolute atomic E-state index is 13.0. The number of rotatable bonds is 7. The minimum Gasteiger partial charge on any atom is -0.508 e. The third-order valence-electron chi connectivity index (χ3n) is 3.95. The number of hydrogen-bond acceptors (Lipinski definition) is 7. The van der Waals surface area contributed by atoms with E-state index in [2.05, 4.69) is 11.6 Å². The molecule has 30 heavy (non-hydrogen) atoms. The lowest BCUT2D eigenvalue weighted by atomic mass is 10.2. The number of ketones is 1. The quantitative estimate of drug-likeness (QED) is 0.216. The van der Waals surface area contributed by atoms with E-state index in [-0.39, 0.29) is 16.6 Å². The number of phenolic OH excluding ortho intramolecular Hbond substituents is 1. The van der Waals surface area contributed by atoms with E-state index in [0.717, 1.165) is 6.08 Å². The number of thiophene rings is 1. The lowest BCUT2D eigenvalue weighted by Crippen LogP contribution is -2.09. The number of Topliss-reactive ketones (excluding diaryl/α,β-unsaturated/α-hetero) is 1. The molecule has 152 valence electrons. The van der Waals surface area contributed by atoms with E-state index in [1.165, 1.54) is 41.4 Å². The number of carbonyl (C=O) groups excluding carboxylic acids is 1. The molecular formula is C22H17NO5S2. The van der Waals surface area contributed by atoms with Gasteiger partial charge in [0.05, 0.1) is 0 Å². The Morgan fingerprint density at radius 3 is 2.57 bits per heavy atom. The molecule has 8 heteroatoms. The first-order valence-electron chi connectivity index (χ1n) is 8.64.